The summed E-state index contributed by atoms with van der Waals surface area (Å²) < 4.78 is 80.9. The molecule has 0 amide bonds. The van der Waals surface area contributed by atoms with Gasteiger partial charge < -0.3 is 143 Å². The van der Waals surface area contributed by atoms with Crippen LogP contribution in [0, 0.1) is 23.7 Å². The van der Waals surface area contributed by atoms with Gasteiger partial charge in [0.1, 0.15) is 104 Å². The van der Waals surface area contributed by atoms with Crippen LogP contribution in [0.3, 0.4) is 0 Å². The van der Waals surface area contributed by atoms with E-state index in [0.29, 0.717) is 44.9 Å². The molecule has 9 fully saturated rings. The van der Waals surface area contributed by atoms with Crippen LogP contribution in [0.25, 0.3) is 0 Å². The number of esters is 2. The maximum atomic E-state index is 13.2. The Labute approximate surface area is 526 Å². The van der Waals surface area contributed by atoms with E-state index < -0.39 is 227 Å². The highest BCUT2D eigenvalue weighted by Crippen LogP contribution is 2.45. The molecule has 5 saturated heterocycles. The van der Waals surface area contributed by atoms with Gasteiger partial charge in [-0.15, -0.1) is 0 Å². The number of fused-ring (bicyclic) bond motifs is 1. The minimum Gasteiger partial charge on any atom is -0.460 e. The molecule has 9 rings (SSSR count). The molecule has 31 nitrogen and oxygen atoms in total. The molecule has 0 bridgehead atoms. The first-order valence-corrected chi connectivity index (χ1v) is 31.8. The highest BCUT2D eigenvalue weighted by Gasteiger charge is 2.58. The maximum Gasteiger partial charge on any atom is 0.330 e. The number of carbonyl (C=O) groups excluding carboxylic acids is 2. The average molecular weight is 1310 g/mol. The van der Waals surface area contributed by atoms with E-state index >= 15 is 0 Å². The third kappa shape index (κ3) is 17.2. The summed E-state index contributed by atoms with van der Waals surface area (Å²) in [5.74, 6) is -2.72. The quantitative estimate of drug-likeness (QED) is 0.0289. The fourth-order valence-electron chi connectivity index (χ4n) is 14.5. The van der Waals surface area contributed by atoms with E-state index in [9.17, 15) is 86.2 Å². The van der Waals surface area contributed by atoms with Gasteiger partial charge in [-0.25, -0.2) is 9.59 Å². The van der Waals surface area contributed by atoms with Crippen molar-refractivity contribution in [3.05, 3.63) is 24.3 Å². The summed E-state index contributed by atoms with van der Waals surface area (Å²) in [6, 6.07) is 0. The van der Waals surface area contributed by atoms with Crippen LogP contribution in [0.4, 0.5) is 0 Å². The van der Waals surface area contributed by atoms with Crippen molar-refractivity contribution in [2.75, 3.05) is 41.2 Å². The molecule has 9 aliphatic rings. The fourth-order valence-corrected chi connectivity index (χ4v) is 14.5. The zero-order valence-electron chi connectivity index (χ0n) is 51.4. The molecule has 522 valence electrons. The number of rotatable bonds is 21. The molecule has 0 aromatic carbocycles. The monoisotopic (exact) mass is 1310 g/mol. The summed E-state index contributed by atoms with van der Waals surface area (Å²) in [5.41, 5.74) is 0. The molecule has 31 unspecified atom stereocenters. The molecule has 5 heterocycles. The minimum absolute atomic E-state index is 0.0115. The highest BCUT2D eigenvalue weighted by atomic mass is 16.7. The highest BCUT2D eigenvalue weighted by molar-refractivity contribution is 5.82. The Bertz CT molecular complexity index is 2320. The van der Waals surface area contributed by atoms with Gasteiger partial charge in [-0.2, -0.15) is 0 Å². The van der Waals surface area contributed by atoms with Gasteiger partial charge in [-0.3, -0.25) is 0 Å². The van der Waals surface area contributed by atoms with Crippen LogP contribution in [0.5, 0.6) is 0 Å². The molecule has 16 N–H and O–H groups in total. The Morgan fingerprint density at radius 1 is 0.484 bits per heavy atom. The minimum atomic E-state index is -1.90. The Hall–Kier alpha value is -2.66. The second kappa shape index (κ2) is 32.6. The maximum absolute atomic E-state index is 13.2. The third-order valence-corrected chi connectivity index (χ3v) is 20.0. The van der Waals surface area contributed by atoms with Crippen molar-refractivity contribution in [3.8, 4) is 0 Å². The predicted molar refractivity (Wildman–Crippen MR) is 303 cm³/mol. The molecule has 0 radical (unpaired) electrons. The normalized spacial score (nSPS) is 49.3. The molecule has 91 heavy (non-hydrogen) atoms. The lowest BCUT2D eigenvalue weighted by atomic mass is 9.72. The molecule has 0 aromatic rings. The largest absolute Gasteiger partial charge is 0.460 e. The zero-order valence-corrected chi connectivity index (χ0v) is 51.4. The van der Waals surface area contributed by atoms with Crippen molar-refractivity contribution in [1.82, 2.24) is 0 Å². The van der Waals surface area contributed by atoms with Gasteiger partial charge in [-0.05, 0) is 83.0 Å². The first-order valence-electron chi connectivity index (χ1n) is 31.8. The molecular formula is C60H97O31+. The van der Waals surface area contributed by atoms with E-state index in [4.69, 9.17) is 66.3 Å². The fraction of sp³-hybridized carbons (Fsp3) is 0.900. The van der Waals surface area contributed by atoms with Crippen LogP contribution >= 0.6 is 0 Å². The summed E-state index contributed by atoms with van der Waals surface area (Å²) in [4.78, 5) is 25.8. The van der Waals surface area contributed by atoms with E-state index in [-0.39, 0.29) is 50.0 Å². The van der Waals surface area contributed by atoms with Crippen molar-refractivity contribution >= 4 is 11.9 Å². The number of ether oxygens (including phenoxy) is 14. The van der Waals surface area contributed by atoms with Gasteiger partial charge >= 0.3 is 11.9 Å². The molecular weight excluding hydrogens is 1220 g/mol. The van der Waals surface area contributed by atoms with E-state index in [1.807, 2.05) is 0 Å². The van der Waals surface area contributed by atoms with Gasteiger partial charge in [0.15, 0.2) is 43.5 Å². The van der Waals surface area contributed by atoms with Crippen LogP contribution < -0.4 is 0 Å². The van der Waals surface area contributed by atoms with Crippen LogP contribution in [-0.4, -0.2) is 324 Å². The lowest BCUT2D eigenvalue weighted by Crippen LogP contribution is -2.65. The van der Waals surface area contributed by atoms with Crippen LogP contribution in [0.15, 0.2) is 24.3 Å². The number of carbonyl (C=O) groups is 2. The van der Waals surface area contributed by atoms with Gasteiger partial charge in [0.25, 0.3) is 0 Å². The van der Waals surface area contributed by atoms with Crippen LogP contribution in [-0.2, 0) is 71.2 Å². The van der Waals surface area contributed by atoms with E-state index in [1.54, 1.807) is 12.2 Å². The van der Waals surface area contributed by atoms with Gasteiger partial charge in [0, 0.05) is 52.2 Å². The van der Waals surface area contributed by atoms with E-state index in [2.05, 4.69) is 0 Å². The lowest BCUT2D eigenvalue weighted by molar-refractivity contribution is -0.371. The summed E-state index contributed by atoms with van der Waals surface area (Å²) in [6.45, 7) is -0.303. The number of hydrogen-bond donors (Lipinski definition) is 15. The van der Waals surface area contributed by atoms with Crippen molar-refractivity contribution in [1.29, 1.82) is 0 Å². The van der Waals surface area contributed by atoms with Gasteiger partial charge in [0.05, 0.1) is 68.0 Å². The zero-order chi connectivity index (χ0) is 65.7. The SMILES string of the molecule is COC1CC(C=CC(=O)OCC2OC(OC3CCC(C=CC(=O)OC4C(C)OC(OCC5OC(OC6CC7C(OC8OC(CO)C(O)C(O)C8O)CC(O)CC7[OH+]C6C6CC(OC)C(O)C(OC)C6)C(O)C(O)C5O)C(O)C4O)CC3)C(O)C(O)C2O)CCC1O. The Morgan fingerprint density at radius 3 is 1.62 bits per heavy atom. The van der Waals surface area contributed by atoms with Gasteiger partial charge in [-0.1, -0.05) is 12.2 Å². The second-order valence-electron chi connectivity index (χ2n) is 25.9. The topological polar surface area (TPSA) is 470 Å². The molecule has 4 saturated carbocycles. The summed E-state index contributed by atoms with van der Waals surface area (Å²) in [7, 11) is 4.40. The first-order chi connectivity index (χ1) is 43.4. The molecule has 4 aliphatic carbocycles. The smallest absolute Gasteiger partial charge is 0.330 e. The van der Waals surface area contributed by atoms with Crippen molar-refractivity contribution in [2.24, 2.45) is 23.7 Å². The first kappa shape index (κ1) is 72.6. The Morgan fingerprint density at radius 2 is 1.01 bits per heavy atom. The van der Waals surface area contributed by atoms with Crippen LogP contribution in [0.2, 0.25) is 0 Å². The van der Waals surface area contributed by atoms with E-state index in [0.717, 1.165) is 0 Å². The number of methoxy groups -OCH3 is 3. The second-order valence-corrected chi connectivity index (χ2v) is 25.9. The summed E-state index contributed by atoms with van der Waals surface area (Å²) in [5, 5.41) is 163. The van der Waals surface area contributed by atoms with Crippen molar-refractivity contribution < 1.29 is 153 Å². The Kier molecular flexibility index (Phi) is 26.0. The number of hydrogen-bond acceptors (Lipinski definition) is 30. The summed E-state index contributed by atoms with van der Waals surface area (Å²) >= 11 is 0. The molecule has 0 aromatic heterocycles. The lowest BCUT2D eigenvalue weighted by Gasteiger charge is -2.50. The standard InChI is InChI=1S/C60H96O31/c1-24-55(91-42(65)14-8-25-5-10-29(11-6-25)84-58-51(74)48(71)45(68)39(89-58)22-81-41(64)13-9-26-7-12-31(63)34(15-26)78-2)50(73)54(77)57(83-24)82-23-40-46(69)49(72)53(76)60(90-40)87-37-20-30-32(85-56(37)27-16-35(79-3)43(66)36(17-27)80-4)18-28(62)19-33(30)86-59-52(75)47(70)44(67)38(21-61)88-59/h8-9,13-14,24-40,43-63,66-77H,5-7,10-12,15-23H2,1-4H3/p+1. The van der Waals surface area contributed by atoms with Crippen molar-refractivity contribution in [3.63, 3.8) is 0 Å². The molecule has 31 atom stereocenters. The average Bonchev–Trinajstić information content (AvgIpc) is 0.801. The van der Waals surface area contributed by atoms with Crippen LogP contribution in [0.1, 0.15) is 84.0 Å². The number of aliphatic hydroxyl groups excluding tert-OH is 15. The molecule has 5 aliphatic heterocycles. The summed E-state index contributed by atoms with van der Waals surface area (Å²) in [6.07, 6.45) is -29.7. The Balaban J connectivity index is 0.760. The molecule has 0 spiro atoms. The third-order valence-electron chi connectivity index (χ3n) is 20.0. The van der Waals surface area contributed by atoms with E-state index in [1.165, 1.54) is 40.4 Å². The number of allylic oxidation sites excluding steroid dienone is 2. The predicted octanol–water partition coefficient (Wildman–Crippen LogP) is -5.79. The van der Waals surface area contributed by atoms with Crippen molar-refractivity contribution in [2.45, 2.75) is 274 Å². The van der Waals surface area contributed by atoms with Gasteiger partial charge in [0.2, 0.25) is 0 Å². The molecule has 31 heteroatoms. The number of aliphatic hydroxyl groups is 17.